The van der Waals surface area contributed by atoms with Gasteiger partial charge in [0.1, 0.15) is 5.54 Å². The zero-order valence-corrected chi connectivity index (χ0v) is 26.4. The number of carbonyl (C=O) groups is 2. The standard InChI is InChI=1S/C32H35ClN6O3S/c1-32(12-6-16-39(32)25(40)17-24-31(43-24)38(2)3)13-9-19-18-34-14-10-20(19)27-28(26-22(36-27)11-15-35-30(26)41)37-23-8-5-7-21(33)29(23)42-4/h5,7-8,10,14,18,24,31,36-37H,6,11-12,15-17H2,1-4H3,(H,35,41)/p+1/t24-,31+,32+/m0/s1. The second kappa shape index (κ2) is 11.8. The van der Waals surface area contributed by atoms with Crippen molar-refractivity contribution < 1.29 is 14.3 Å². The van der Waals surface area contributed by atoms with E-state index in [2.05, 4.69) is 58.4 Å². The van der Waals surface area contributed by atoms with Gasteiger partial charge in [0, 0.05) is 54.9 Å². The Balaban J connectivity index is 1.36. The van der Waals surface area contributed by atoms with Crippen LogP contribution in [0, 0.1) is 11.8 Å². The number of aromatic amines is 1. The molecule has 0 aliphatic carbocycles. The van der Waals surface area contributed by atoms with E-state index in [1.807, 2.05) is 23.1 Å². The number of halogens is 1. The van der Waals surface area contributed by atoms with Gasteiger partial charge in [0.15, 0.2) is 11.0 Å². The van der Waals surface area contributed by atoms with Gasteiger partial charge in [-0.15, -0.1) is 0 Å². The van der Waals surface area contributed by atoms with Crippen LogP contribution in [0.2, 0.25) is 5.02 Å². The first-order chi connectivity index (χ1) is 20.7. The van der Waals surface area contributed by atoms with Crippen LogP contribution in [0.1, 0.15) is 47.8 Å². The van der Waals surface area contributed by atoms with E-state index in [1.54, 1.807) is 25.6 Å². The number of nitrogens with one attached hydrogen (secondary N) is 3. The third-order valence-corrected chi connectivity index (χ3v) is 10.3. The smallest absolute Gasteiger partial charge is 0.255 e. The molecular weight excluding hydrogens is 584 g/mol. The van der Waals surface area contributed by atoms with Gasteiger partial charge < -0.3 is 25.3 Å². The van der Waals surface area contributed by atoms with Crippen molar-refractivity contribution in [2.75, 3.05) is 39.6 Å². The average molecular weight is 620 g/mol. The Kier molecular flexibility index (Phi) is 8.07. The Morgan fingerprint density at radius 1 is 1.35 bits per heavy atom. The molecule has 5 heterocycles. The third kappa shape index (κ3) is 5.69. The lowest BCUT2D eigenvalue weighted by atomic mass is 9.97. The summed E-state index contributed by atoms with van der Waals surface area (Å²) in [5.41, 5.74) is 4.31. The number of ether oxygens (including phenoxy) is 1. The number of likely N-dealkylation sites (tertiary alicyclic amines) is 1. The molecule has 0 spiro atoms. The van der Waals surface area contributed by atoms with E-state index in [0.717, 1.165) is 29.8 Å². The molecule has 3 aliphatic rings. The number of fused-ring (bicyclic) bond motifs is 1. The fourth-order valence-electron chi connectivity index (χ4n) is 6.13. The van der Waals surface area contributed by atoms with Gasteiger partial charge >= 0.3 is 0 Å². The highest BCUT2D eigenvalue weighted by molar-refractivity contribution is 7.87. The SMILES string of the molecule is COc1c(Cl)cccc1Nc1c(-c2ccncc2C#C[C@@]2(C)CCCN2C(=O)C[C@@H]2[SH+][C@H]2N(C)C)[nH]c2c1C(=O)NCC2. The number of hydrogen-bond acceptors (Lipinski definition) is 6. The molecule has 0 saturated carbocycles. The van der Waals surface area contributed by atoms with E-state index >= 15 is 0 Å². The largest absolute Gasteiger partial charge is 0.493 e. The highest BCUT2D eigenvalue weighted by Crippen LogP contribution is 2.41. The Hall–Kier alpha value is -3.65. The van der Waals surface area contributed by atoms with Gasteiger partial charge in [-0.2, -0.15) is 0 Å². The molecule has 0 radical (unpaired) electrons. The third-order valence-electron chi connectivity index (χ3n) is 8.41. The maximum atomic E-state index is 13.4. The molecule has 2 amide bonds. The van der Waals surface area contributed by atoms with Crippen LogP contribution in [0.3, 0.4) is 0 Å². The van der Waals surface area contributed by atoms with Gasteiger partial charge in [0.25, 0.3) is 5.91 Å². The van der Waals surface area contributed by atoms with Crippen LogP contribution in [0.4, 0.5) is 11.4 Å². The van der Waals surface area contributed by atoms with Gasteiger partial charge in [0.05, 0.1) is 46.7 Å². The zero-order chi connectivity index (χ0) is 30.3. The lowest BCUT2D eigenvalue weighted by Crippen LogP contribution is -2.44. The summed E-state index contributed by atoms with van der Waals surface area (Å²) in [4.78, 5) is 38.5. The van der Waals surface area contributed by atoms with Crippen LogP contribution in [-0.4, -0.2) is 82.0 Å². The molecule has 224 valence electrons. The van der Waals surface area contributed by atoms with Crippen LogP contribution in [0.25, 0.3) is 11.3 Å². The lowest BCUT2D eigenvalue weighted by molar-refractivity contribution is -0.133. The van der Waals surface area contributed by atoms with Crippen molar-refractivity contribution in [2.45, 2.75) is 48.8 Å². The van der Waals surface area contributed by atoms with E-state index in [4.69, 9.17) is 16.3 Å². The van der Waals surface area contributed by atoms with E-state index in [-0.39, 0.29) is 11.8 Å². The second-order valence-corrected chi connectivity index (χ2v) is 13.5. The highest BCUT2D eigenvalue weighted by atomic mass is 35.5. The molecule has 0 unspecified atom stereocenters. The minimum Gasteiger partial charge on any atom is -0.493 e. The molecule has 3 aliphatic heterocycles. The maximum absolute atomic E-state index is 13.4. The number of benzene rings is 1. The number of para-hydroxylation sites is 1. The van der Waals surface area contributed by atoms with Gasteiger partial charge in [-0.3, -0.25) is 19.5 Å². The summed E-state index contributed by atoms with van der Waals surface area (Å²) in [6, 6.07) is 7.34. The highest BCUT2D eigenvalue weighted by Gasteiger charge is 2.54. The summed E-state index contributed by atoms with van der Waals surface area (Å²) < 4.78 is 5.57. The molecule has 3 N–H and O–H groups in total. The van der Waals surface area contributed by atoms with E-state index < -0.39 is 5.54 Å². The minimum absolute atomic E-state index is 0.159. The molecule has 9 nitrogen and oxygen atoms in total. The zero-order valence-electron chi connectivity index (χ0n) is 24.8. The van der Waals surface area contributed by atoms with Crippen molar-refractivity contribution >= 4 is 46.6 Å². The molecule has 3 aromatic rings. The number of rotatable bonds is 7. The molecule has 1 aromatic carbocycles. The number of pyridine rings is 1. The summed E-state index contributed by atoms with van der Waals surface area (Å²) in [6.07, 6.45) is 6.41. The number of aromatic nitrogens is 2. The minimum atomic E-state index is -0.562. The normalized spacial score (nSPS) is 22.5. The first kappa shape index (κ1) is 29.4. The van der Waals surface area contributed by atoms with Crippen molar-refractivity contribution in [3.63, 3.8) is 0 Å². The fourth-order valence-corrected chi connectivity index (χ4v) is 7.58. The van der Waals surface area contributed by atoms with E-state index in [1.165, 1.54) is 11.8 Å². The topological polar surface area (TPSA) is 103 Å². The van der Waals surface area contributed by atoms with Gasteiger partial charge in [-0.25, -0.2) is 0 Å². The van der Waals surface area contributed by atoms with Gasteiger partial charge in [-0.05, 0) is 52.1 Å². The molecular formula is C32H36ClN6O3S+. The molecule has 11 heteroatoms. The summed E-state index contributed by atoms with van der Waals surface area (Å²) >= 11 is 7.75. The van der Waals surface area contributed by atoms with Crippen LogP contribution >= 0.6 is 11.6 Å². The van der Waals surface area contributed by atoms with Gasteiger partial charge in [0.2, 0.25) is 11.3 Å². The lowest BCUT2D eigenvalue weighted by Gasteiger charge is -2.30. The Morgan fingerprint density at radius 2 is 2.19 bits per heavy atom. The first-order valence-corrected chi connectivity index (χ1v) is 15.9. The Labute approximate surface area is 261 Å². The van der Waals surface area contributed by atoms with Crippen LogP contribution in [0.15, 0.2) is 36.7 Å². The average Bonchev–Trinajstić information content (AvgIpc) is 3.50. The molecule has 43 heavy (non-hydrogen) atoms. The van der Waals surface area contributed by atoms with Crippen molar-refractivity contribution in [3.05, 3.63) is 58.5 Å². The number of carbonyl (C=O) groups excluding carboxylic acids is 2. The number of thiol groups is 1. The number of amides is 2. The number of methoxy groups -OCH3 is 1. The number of nitrogens with zero attached hydrogens (tertiary/aromatic N) is 3. The predicted octanol–water partition coefficient (Wildman–Crippen LogP) is 3.98. The van der Waals surface area contributed by atoms with E-state index in [9.17, 15) is 9.59 Å². The molecule has 2 saturated heterocycles. The van der Waals surface area contributed by atoms with Crippen LogP contribution < -0.4 is 15.4 Å². The molecule has 2 aromatic heterocycles. The van der Waals surface area contributed by atoms with Crippen molar-refractivity contribution in [2.24, 2.45) is 0 Å². The Bertz CT molecular complexity index is 1650. The summed E-state index contributed by atoms with van der Waals surface area (Å²) in [6.45, 7) is 3.33. The number of H-pyrrole nitrogens is 1. The van der Waals surface area contributed by atoms with Gasteiger partial charge in [-0.1, -0.05) is 29.5 Å². The number of hydrogen-bond donors (Lipinski definition) is 3. The quantitative estimate of drug-likeness (QED) is 0.160. The summed E-state index contributed by atoms with van der Waals surface area (Å²) in [5, 5.41) is 7.70. The Morgan fingerprint density at radius 3 is 2.95 bits per heavy atom. The van der Waals surface area contributed by atoms with Crippen LogP contribution in [-0.2, 0) is 23.0 Å². The van der Waals surface area contributed by atoms with Crippen molar-refractivity contribution in [1.82, 2.24) is 25.1 Å². The van der Waals surface area contributed by atoms with Crippen molar-refractivity contribution in [3.8, 4) is 28.8 Å². The fraction of sp³-hybridized carbons (Fsp3) is 0.406. The monoisotopic (exact) mass is 619 g/mol. The molecule has 2 fully saturated rings. The van der Waals surface area contributed by atoms with E-state index in [0.29, 0.717) is 69.8 Å². The number of anilines is 2. The molecule has 0 bridgehead atoms. The summed E-state index contributed by atoms with van der Waals surface area (Å²) in [5.74, 6) is 7.34. The summed E-state index contributed by atoms with van der Waals surface area (Å²) in [7, 11) is 5.70. The molecule has 6 rings (SSSR count). The van der Waals surface area contributed by atoms with Crippen LogP contribution in [0.5, 0.6) is 5.75 Å². The predicted molar refractivity (Wildman–Crippen MR) is 172 cm³/mol. The maximum Gasteiger partial charge on any atom is 0.255 e. The van der Waals surface area contributed by atoms with Crippen molar-refractivity contribution in [1.29, 1.82) is 0 Å². The first-order valence-electron chi connectivity index (χ1n) is 14.5. The molecule has 3 atom stereocenters. The second-order valence-electron chi connectivity index (χ2n) is 11.6.